The van der Waals surface area contributed by atoms with Gasteiger partial charge in [0.25, 0.3) is 0 Å². The number of aromatic nitrogens is 2. The molecule has 0 radical (unpaired) electrons. The second-order valence-electron chi connectivity index (χ2n) is 5.46. The van der Waals surface area contributed by atoms with Crippen LogP contribution in [0.1, 0.15) is 19.5 Å². The number of H-pyrrole nitrogens is 1. The zero-order valence-electron chi connectivity index (χ0n) is 11.4. The lowest BCUT2D eigenvalue weighted by Gasteiger charge is -2.33. The maximum Gasteiger partial charge on any atom is 0.204 e. The molecule has 0 amide bonds. The van der Waals surface area contributed by atoms with Gasteiger partial charge in [0, 0.05) is 31.9 Å². The molecule has 1 aliphatic rings. The third kappa shape index (κ3) is 3.53. The molecule has 0 bridgehead atoms. The van der Waals surface area contributed by atoms with Crippen LogP contribution in [0.2, 0.25) is 0 Å². The molecule has 1 aromatic rings. The Balaban J connectivity index is 2.17. The van der Waals surface area contributed by atoms with Crippen molar-refractivity contribution in [2.24, 2.45) is 5.92 Å². The first-order valence-corrected chi connectivity index (χ1v) is 6.99. The average molecular weight is 266 g/mol. The Morgan fingerprint density at radius 3 is 2.61 bits per heavy atom. The molecule has 100 valence electrons. The smallest absolute Gasteiger partial charge is 0.204 e. The fourth-order valence-corrected chi connectivity index (χ4v) is 2.44. The molecule has 18 heavy (non-hydrogen) atoms. The number of rotatable bonds is 3. The average Bonchev–Trinajstić information content (AvgIpc) is 2.28. The van der Waals surface area contributed by atoms with Gasteiger partial charge in [-0.15, -0.1) is 0 Å². The van der Waals surface area contributed by atoms with Gasteiger partial charge in [0.2, 0.25) is 5.95 Å². The number of nitrogens with one attached hydrogen (secondary N) is 1. The van der Waals surface area contributed by atoms with Crippen molar-refractivity contribution in [2.75, 3.05) is 38.1 Å². The van der Waals surface area contributed by atoms with Gasteiger partial charge in [0.15, 0.2) is 0 Å². The van der Waals surface area contributed by atoms with Crippen LogP contribution in [0.3, 0.4) is 0 Å². The summed E-state index contributed by atoms with van der Waals surface area (Å²) < 4.78 is 0.693. The molecule has 4 nitrogen and oxygen atoms in total. The fraction of sp³-hybridized carbons (Fsp3) is 0.692. The molecule has 0 saturated carbocycles. The Morgan fingerprint density at radius 2 is 2.00 bits per heavy atom. The maximum absolute atomic E-state index is 5.26. The number of aromatic amines is 1. The Hall–Kier alpha value is -0.940. The number of likely N-dealkylation sites (N-methyl/N-ethyl adjacent to an activating group) is 1. The van der Waals surface area contributed by atoms with Gasteiger partial charge in [-0.05, 0) is 25.5 Å². The SMILES string of the molecule is CC(C)Cc1cc(=S)nc(N2CCN(C)CC2)[nH]1. The van der Waals surface area contributed by atoms with Crippen molar-refractivity contribution >= 4 is 18.2 Å². The van der Waals surface area contributed by atoms with Crippen LogP contribution < -0.4 is 4.90 Å². The molecule has 0 spiro atoms. The van der Waals surface area contributed by atoms with Crippen molar-refractivity contribution in [1.29, 1.82) is 0 Å². The first-order chi connectivity index (χ1) is 8.54. The summed E-state index contributed by atoms with van der Waals surface area (Å²) in [6, 6.07) is 1.98. The highest BCUT2D eigenvalue weighted by Crippen LogP contribution is 2.13. The molecule has 0 atom stereocenters. The normalized spacial score (nSPS) is 17.4. The van der Waals surface area contributed by atoms with E-state index in [0.29, 0.717) is 10.6 Å². The Kier molecular flexibility index (Phi) is 4.35. The highest BCUT2D eigenvalue weighted by atomic mass is 32.1. The number of hydrogen-bond donors (Lipinski definition) is 1. The summed E-state index contributed by atoms with van der Waals surface area (Å²) in [7, 11) is 2.15. The third-order valence-electron chi connectivity index (χ3n) is 3.22. The molecule has 2 heterocycles. The molecule has 1 aliphatic heterocycles. The van der Waals surface area contributed by atoms with E-state index in [0.717, 1.165) is 38.5 Å². The van der Waals surface area contributed by atoms with Gasteiger partial charge < -0.3 is 14.8 Å². The second-order valence-corrected chi connectivity index (χ2v) is 5.87. The summed E-state index contributed by atoms with van der Waals surface area (Å²) in [5.74, 6) is 1.56. The first-order valence-electron chi connectivity index (χ1n) is 6.58. The quantitative estimate of drug-likeness (QED) is 0.850. The topological polar surface area (TPSA) is 35.2 Å². The molecule has 1 N–H and O–H groups in total. The van der Waals surface area contributed by atoms with E-state index in [-0.39, 0.29) is 0 Å². The third-order valence-corrected chi connectivity index (χ3v) is 3.43. The predicted octanol–water partition coefficient (Wildman–Crippen LogP) is 2.09. The van der Waals surface area contributed by atoms with Crippen LogP contribution in [0, 0.1) is 10.6 Å². The van der Waals surface area contributed by atoms with Gasteiger partial charge in [-0.1, -0.05) is 26.1 Å². The Morgan fingerprint density at radius 1 is 1.33 bits per heavy atom. The maximum atomic E-state index is 5.26. The molecule has 1 aromatic heterocycles. The summed E-state index contributed by atoms with van der Waals surface area (Å²) in [5.41, 5.74) is 1.19. The lowest BCUT2D eigenvalue weighted by molar-refractivity contribution is 0.311. The summed E-state index contributed by atoms with van der Waals surface area (Å²) in [6.07, 6.45) is 1.02. The van der Waals surface area contributed by atoms with Gasteiger partial charge in [0.05, 0.1) is 0 Å². The number of piperazine rings is 1. The minimum absolute atomic E-state index is 0.624. The van der Waals surface area contributed by atoms with Crippen molar-refractivity contribution in [3.05, 3.63) is 16.4 Å². The molecule has 0 aromatic carbocycles. The van der Waals surface area contributed by atoms with Crippen LogP contribution in [0.15, 0.2) is 6.07 Å². The van der Waals surface area contributed by atoms with Crippen molar-refractivity contribution in [1.82, 2.24) is 14.9 Å². The van der Waals surface area contributed by atoms with Crippen LogP contribution in [-0.2, 0) is 6.42 Å². The molecular formula is C13H22N4S. The molecule has 1 saturated heterocycles. The van der Waals surface area contributed by atoms with Gasteiger partial charge in [-0.3, -0.25) is 0 Å². The van der Waals surface area contributed by atoms with Crippen molar-refractivity contribution in [2.45, 2.75) is 20.3 Å². The number of nitrogens with zero attached hydrogens (tertiary/aromatic N) is 3. The summed E-state index contributed by atoms with van der Waals surface area (Å²) in [4.78, 5) is 12.5. The Bertz CT molecular complexity index is 447. The zero-order valence-corrected chi connectivity index (χ0v) is 12.3. The zero-order chi connectivity index (χ0) is 13.1. The standard InChI is InChI=1S/C13H22N4S/c1-10(2)8-11-9-12(18)15-13(14-11)17-6-4-16(3)5-7-17/h9-10H,4-8H2,1-3H3,(H,14,15,18). The van der Waals surface area contributed by atoms with Crippen LogP contribution in [0.25, 0.3) is 0 Å². The van der Waals surface area contributed by atoms with Crippen molar-refractivity contribution in [3.63, 3.8) is 0 Å². The number of anilines is 1. The molecule has 0 aliphatic carbocycles. The predicted molar refractivity (Wildman–Crippen MR) is 77.7 cm³/mol. The largest absolute Gasteiger partial charge is 0.340 e. The van der Waals surface area contributed by atoms with Gasteiger partial charge >= 0.3 is 0 Å². The van der Waals surface area contributed by atoms with E-state index < -0.39 is 0 Å². The monoisotopic (exact) mass is 266 g/mol. The molecule has 1 fully saturated rings. The highest BCUT2D eigenvalue weighted by Gasteiger charge is 2.16. The van der Waals surface area contributed by atoms with Crippen molar-refractivity contribution in [3.8, 4) is 0 Å². The minimum Gasteiger partial charge on any atom is -0.340 e. The summed E-state index contributed by atoms with van der Waals surface area (Å²) in [6.45, 7) is 8.62. The Labute approximate surface area is 114 Å². The highest BCUT2D eigenvalue weighted by molar-refractivity contribution is 7.71. The van der Waals surface area contributed by atoms with E-state index >= 15 is 0 Å². The van der Waals surface area contributed by atoms with Gasteiger partial charge in [-0.25, -0.2) is 4.98 Å². The van der Waals surface area contributed by atoms with E-state index in [1.165, 1.54) is 5.69 Å². The summed E-state index contributed by atoms with van der Waals surface area (Å²) >= 11 is 5.26. The van der Waals surface area contributed by atoms with Crippen LogP contribution in [0.4, 0.5) is 5.95 Å². The van der Waals surface area contributed by atoms with Gasteiger partial charge in [-0.2, -0.15) is 0 Å². The lowest BCUT2D eigenvalue weighted by Crippen LogP contribution is -2.45. The van der Waals surface area contributed by atoms with Crippen LogP contribution in [-0.4, -0.2) is 48.1 Å². The fourth-order valence-electron chi connectivity index (χ4n) is 2.21. The number of hydrogen-bond acceptors (Lipinski definition) is 4. The lowest BCUT2D eigenvalue weighted by atomic mass is 10.1. The van der Waals surface area contributed by atoms with E-state index in [4.69, 9.17) is 12.2 Å². The van der Waals surface area contributed by atoms with Crippen LogP contribution in [0.5, 0.6) is 0 Å². The second kappa shape index (κ2) is 5.80. The molecule has 2 rings (SSSR count). The van der Waals surface area contributed by atoms with E-state index in [2.05, 4.69) is 40.7 Å². The summed E-state index contributed by atoms with van der Waals surface area (Å²) in [5, 5.41) is 0. The van der Waals surface area contributed by atoms with E-state index in [1.807, 2.05) is 6.07 Å². The molecule has 5 heteroatoms. The van der Waals surface area contributed by atoms with E-state index in [1.54, 1.807) is 0 Å². The van der Waals surface area contributed by atoms with E-state index in [9.17, 15) is 0 Å². The van der Waals surface area contributed by atoms with Crippen LogP contribution >= 0.6 is 12.2 Å². The molecule has 0 unspecified atom stereocenters. The minimum atomic E-state index is 0.624. The van der Waals surface area contributed by atoms with Crippen molar-refractivity contribution < 1.29 is 0 Å². The molecular weight excluding hydrogens is 244 g/mol. The van der Waals surface area contributed by atoms with Gasteiger partial charge in [0.1, 0.15) is 4.64 Å². The first kappa shape index (κ1) is 13.5.